The minimum atomic E-state index is -1.19. The summed E-state index contributed by atoms with van der Waals surface area (Å²) in [6.45, 7) is 6.42. The minimum absolute atomic E-state index is 0.200. The number of amides is 2. The smallest absolute Gasteiger partial charge is 0.254 e. The fourth-order valence-electron chi connectivity index (χ4n) is 5.25. The molecule has 2 aromatic rings. The summed E-state index contributed by atoms with van der Waals surface area (Å²) < 4.78 is 19.9. The van der Waals surface area contributed by atoms with E-state index in [1.807, 2.05) is 24.3 Å². The molecule has 196 valence electrons. The maximum Gasteiger partial charge on any atom is 0.254 e. The van der Waals surface area contributed by atoms with Crippen LogP contribution in [0.4, 0.5) is 4.39 Å². The van der Waals surface area contributed by atoms with Gasteiger partial charge >= 0.3 is 0 Å². The predicted octanol–water partition coefficient (Wildman–Crippen LogP) is 4.15. The van der Waals surface area contributed by atoms with Gasteiger partial charge in [0, 0.05) is 18.7 Å². The molecule has 2 aliphatic rings. The first kappa shape index (κ1) is 26.6. The average molecular weight is 507 g/mol. The van der Waals surface area contributed by atoms with E-state index >= 15 is 0 Å². The lowest BCUT2D eigenvalue weighted by Gasteiger charge is -2.34. The second-order valence-corrected chi connectivity index (χ2v) is 10.7. The Hall–Kier alpha value is -3.44. The largest absolute Gasteiger partial charge is 0.492 e. The Bertz CT molecular complexity index is 1160. The van der Waals surface area contributed by atoms with Crippen molar-refractivity contribution < 1.29 is 18.7 Å². The highest BCUT2D eigenvalue weighted by atomic mass is 19.1. The van der Waals surface area contributed by atoms with Crippen LogP contribution in [0.5, 0.6) is 5.75 Å². The molecule has 2 aliphatic heterocycles. The lowest BCUT2D eigenvalue weighted by molar-refractivity contribution is -0.121. The molecule has 1 atom stereocenters. The van der Waals surface area contributed by atoms with Crippen molar-refractivity contribution in [2.24, 2.45) is 11.7 Å². The number of alkyl halides is 1. The number of halogens is 1. The quantitative estimate of drug-likeness (QED) is 0.580. The molecule has 2 aromatic carbocycles. The number of carbonyl (C=O) groups excluding carboxylic acids is 2. The summed E-state index contributed by atoms with van der Waals surface area (Å²) in [5, 5.41) is 9.72. The Morgan fingerprint density at radius 3 is 2.38 bits per heavy atom. The molecule has 4 rings (SSSR count). The van der Waals surface area contributed by atoms with Gasteiger partial charge in [-0.2, -0.15) is 5.26 Å². The van der Waals surface area contributed by atoms with Crippen LogP contribution >= 0.6 is 0 Å². The number of likely N-dealkylation sites (tertiary alicyclic amines) is 2. The van der Waals surface area contributed by atoms with Crippen molar-refractivity contribution >= 4 is 11.8 Å². The number of nitrogens with zero attached hydrogens (tertiary/aromatic N) is 3. The van der Waals surface area contributed by atoms with E-state index in [2.05, 4.69) is 11.0 Å². The number of hydrogen-bond acceptors (Lipinski definition) is 5. The normalized spacial score (nSPS) is 19.0. The number of piperidine rings is 1. The zero-order chi connectivity index (χ0) is 26.6. The van der Waals surface area contributed by atoms with Crippen LogP contribution in [0.15, 0.2) is 42.5 Å². The Morgan fingerprint density at radius 1 is 1.08 bits per heavy atom. The Balaban J connectivity index is 1.36. The molecular weight excluding hydrogens is 471 g/mol. The van der Waals surface area contributed by atoms with Crippen molar-refractivity contribution in [2.45, 2.75) is 51.2 Å². The van der Waals surface area contributed by atoms with Gasteiger partial charge in [-0.1, -0.05) is 18.2 Å². The van der Waals surface area contributed by atoms with Gasteiger partial charge in [0.25, 0.3) is 5.91 Å². The number of nitriles is 1. The van der Waals surface area contributed by atoms with Crippen LogP contribution in [-0.4, -0.2) is 66.1 Å². The van der Waals surface area contributed by atoms with Gasteiger partial charge < -0.3 is 20.3 Å². The molecule has 2 heterocycles. The van der Waals surface area contributed by atoms with E-state index in [-0.39, 0.29) is 5.91 Å². The molecule has 7 nitrogen and oxygen atoms in total. The highest BCUT2D eigenvalue weighted by molar-refractivity contribution is 5.98. The molecule has 0 aliphatic carbocycles. The van der Waals surface area contributed by atoms with Crippen molar-refractivity contribution in [2.75, 3.05) is 32.8 Å². The SMILES string of the molecule is CC(C)(F)CN1CCC(COc2ccc(-c3ccc(C(=O)N4CCC[C@H]4C(N)=O)cc3)cc2C#N)CC1. The van der Waals surface area contributed by atoms with E-state index < -0.39 is 17.6 Å². The van der Waals surface area contributed by atoms with Crippen LogP contribution in [-0.2, 0) is 4.79 Å². The summed E-state index contributed by atoms with van der Waals surface area (Å²) in [7, 11) is 0. The molecule has 0 spiro atoms. The number of nitrogens with two attached hydrogens (primary N) is 1. The molecule has 2 N–H and O–H groups in total. The monoisotopic (exact) mass is 506 g/mol. The third kappa shape index (κ3) is 6.66. The summed E-state index contributed by atoms with van der Waals surface area (Å²) in [6, 6.07) is 14.3. The highest BCUT2D eigenvalue weighted by Crippen LogP contribution is 2.29. The lowest BCUT2D eigenvalue weighted by atomic mass is 9.96. The molecule has 0 saturated carbocycles. The number of carbonyl (C=O) groups is 2. The number of rotatable bonds is 8. The van der Waals surface area contributed by atoms with Crippen LogP contribution < -0.4 is 10.5 Å². The van der Waals surface area contributed by atoms with Gasteiger partial charge in [-0.25, -0.2) is 4.39 Å². The molecule has 0 radical (unpaired) electrons. The lowest BCUT2D eigenvalue weighted by Crippen LogP contribution is -2.43. The first-order valence-corrected chi connectivity index (χ1v) is 12.9. The van der Waals surface area contributed by atoms with Crippen molar-refractivity contribution in [3.05, 3.63) is 53.6 Å². The van der Waals surface area contributed by atoms with Crippen molar-refractivity contribution in [1.82, 2.24) is 9.80 Å². The van der Waals surface area contributed by atoms with Crippen LogP contribution in [0.25, 0.3) is 11.1 Å². The topological polar surface area (TPSA) is 99.7 Å². The molecule has 0 bridgehead atoms. The fraction of sp³-hybridized carbons (Fsp3) is 0.483. The zero-order valence-electron chi connectivity index (χ0n) is 21.6. The Morgan fingerprint density at radius 2 is 1.76 bits per heavy atom. The standard InChI is InChI=1S/C29H35FN4O3/c1-29(2,30)19-33-14-11-20(12-15-33)18-37-26-10-9-23(16-24(26)17-31)21-5-7-22(8-6-21)28(36)34-13-3-4-25(34)27(32)35/h5-10,16,20,25H,3-4,11-15,18-19H2,1-2H3,(H2,32,35)/t25-/m0/s1. The van der Waals surface area contributed by atoms with Gasteiger partial charge in [-0.15, -0.1) is 0 Å². The summed E-state index contributed by atoms with van der Waals surface area (Å²) in [5.41, 5.74) is 6.93. The van der Waals surface area contributed by atoms with Crippen molar-refractivity contribution in [3.63, 3.8) is 0 Å². The third-order valence-corrected chi connectivity index (χ3v) is 7.19. The zero-order valence-corrected chi connectivity index (χ0v) is 21.6. The second-order valence-electron chi connectivity index (χ2n) is 10.7. The third-order valence-electron chi connectivity index (χ3n) is 7.19. The highest BCUT2D eigenvalue weighted by Gasteiger charge is 2.33. The van der Waals surface area contributed by atoms with Gasteiger partial charge in [0.1, 0.15) is 23.5 Å². The number of hydrogen-bond donors (Lipinski definition) is 1. The first-order chi connectivity index (χ1) is 17.6. The molecule has 0 unspecified atom stereocenters. The predicted molar refractivity (Wildman–Crippen MR) is 140 cm³/mol. The Labute approximate surface area is 218 Å². The van der Waals surface area contributed by atoms with Crippen molar-refractivity contribution in [1.29, 1.82) is 5.26 Å². The van der Waals surface area contributed by atoms with E-state index in [4.69, 9.17) is 10.5 Å². The summed E-state index contributed by atoms with van der Waals surface area (Å²) in [4.78, 5) is 28.2. The van der Waals surface area contributed by atoms with Crippen LogP contribution in [0.1, 0.15) is 55.5 Å². The molecule has 8 heteroatoms. The van der Waals surface area contributed by atoms with E-state index in [1.54, 1.807) is 36.9 Å². The molecule has 37 heavy (non-hydrogen) atoms. The molecule has 2 saturated heterocycles. The summed E-state index contributed by atoms with van der Waals surface area (Å²) >= 11 is 0. The maximum absolute atomic E-state index is 13.9. The first-order valence-electron chi connectivity index (χ1n) is 12.9. The van der Waals surface area contributed by atoms with Gasteiger partial charge in [-0.05, 0) is 93.9 Å². The van der Waals surface area contributed by atoms with Crippen LogP contribution in [0, 0.1) is 17.2 Å². The van der Waals surface area contributed by atoms with Gasteiger partial charge in [0.15, 0.2) is 0 Å². The van der Waals surface area contributed by atoms with E-state index in [1.165, 1.54) is 0 Å². The number of benzene rings is 2. The fourth-order valence-corrected chi connectivity index (χ4v) is 5.25. The second kappa shape index (κ2) is 11.3. The number of ether oxygens (including phenoxy) is 1. The summed E-state index contributed by atoms with van der Waals surface area (Å²) in [6.07, 6.45) is 3.25. The number of primary amides is 1. The maximum atomic E-state index is 13.9. The Kier molecular flexibility index (Phi) is 8.13. The van der Waals surface area contributed by atoms with Crippen LogP contribution in [0.3, 0.4) is 0 Å². The molecular formula is C29H35FN4O3. The van der Waals surface area contributed by atoms with E-state index in [0.717, 1.165) is 43.5 Å². The average Bonchev–Trinajstić information content (AvgIpc) is 3.37. The van der Waals surface area contributed by atoms with E-state index in [0.29, 0.717) is 48.9 Å². The van der Waals surface area contributed by atoms with E-state index in [9.17, 15) is 19.2 Å². The summed E-state index contributed by atoms with van der Waals surface area (Å²) in [5.74, 6) is 0.255. The molecule has 2 fully saturated rings. The van der Waals surface area contributed by atoms with Crippen LogP contribution in [0.2, 0.25) is 0 Å². The molecule has 2 amide bonds. The molecule has 0 aromatic heterocycles. The van der Waals surface area contributed by atoms with Crippen molar-refractivity contribution in [3.8, 4) is 22.9 Å². The van der Waals surface area contributed by atoms with Gasteiger partial charge in [0.2, 0.25) is 5.91 Å². The minimum Gasteiger partial charge on any atom is -0.492 e. The van der Waals surface area contributed by atoms with Gasteiger partial charge in [-0.3, -0.25) is 9.59 Å². The van der Waals surface area contributed by atoms with Gasteiger partial charge in [0.05, 0.1) is 12.2 Å².